The zero-order chi connectivity index (χ0) is 25.9. The Hall–Kier alpha value is -3.53. The van der Waals surface area contributed by atoms with Gasteiger partial charge in [0.1, 0.15) is 5.82 Å². The number of sulfone groups is 1. The SMILES string of the molecule is Cc1cccc(S(=O)(=O)c2ncccc2C(=O)N[C@H]2CC[C@@H](Nc3nc(C)cc(N(C)C)n3)CC2)c1. The van der Waals surface area contributed by atoms with Crippen LogP contribution >= 0.6 is 0 Å². The summed E-state index contributed by atoms with van der Waals surface area (Å²) in [6.07, 6.45) is 4.58. The first kappa shape index (κ1) is 25.6. The highest BCUT2D eigenvalue weighted by Crippen LogP contribution is 2.25. The van der Waals surface area contributed by atoms with Crippen LogP contribution in [0.2, 0.25) is 0 Å². The van der Waals surface area contributed by atoms with Crippen LogP contribution in [0.25, 0.3) is 0 Å². The van der Waals surface area contributed by atoms with Crippen LogP contribution < -0.4 is 15.5 Å². The second-order valence-corrected chi connectivity index (χ2v) is 11.3. The molecule has 9 nitrogen and oxygen atoms in total. The number of amides is 1. The summed E-state index contributed by atoms with van der Waals surface area (Å²) in [6.45, 7) is 3.76. The number of pyridine rings is 1. The number of aromatic nitrogens is 3. The highest BCUT2D eigenvalue weighted by molar-refractivity contribution is 7.91. The second-order valence-electron chi connectivity index (χ2n) is 9.43. The Kier molecular flexibility index (Phi) is 7.53. The third kappa shape index (κ3) is 5.81. The predicted molar refractivity (Wildman–Crippen MR) is 139 cm³/mol. The van der Waals surface area contributed by atoms with Crippen LogP contribution in [0.1, 0.15) is 47.3 Å². The quantitative estimate of drug-likeness (QED) is 0.498. The number of carbonyl (C=O) groups is 1. The number of nitrogens with one attached hydrogen (secondary N) is 2. The number of rotatable bonds is 7. The van der Waals surface area contributed by atoms with Crippen molar-refractivity contribution in [3.63, 3.8) is 0 Å². The van der Waals surface area contributed by atoms with Gasteiger partial charge in [0.15, 0.2) is 5.03 Å². The Balaban J connectivity index is 1.41. The van der Waals surface area contributed by atoms with Crippen molar-refractivity contribution in [2.75, 3.05) is 24.3 Å². The minimum atomic E-state index is -3.93. The smallest absolute Gasteiger partial charge is 0.254 e. The number of nitrogens with zero attached hydrogens (tertiary/aromatic N) is 4. The average molecular weight is 509 g/mol. The van der Waals surface area contributed by atoms with Crippen molar-refractivity contribution in [3.05, 3.63) is 65.5 Å². The molecule has 0 unspecified atom stereocenters. The van der Waals surface area contributed by atoms with Crippen molar-refractivity contribution < 1.29 is 13.2 Å². The number of carbonyl (C=O) groups excluding carboxylic acids is 1. The number of aryl methyl sites for hydroxylation is 2. The predicted octanol–water partition coefficient (Wildman–Crippen LogP) is 3.54. The number of hydrogen-bond donors (Lipinski definition) is 2. The molecule has 0 radical (unpaired) electrons. The Labute approximate surface area is 212 Å². The van der Waals surface area contributed by atoms with E-state index in [9.17, 15) is 13.2 Å². The van der Waals surface area contributed by atoms with Crippen LogP contribution in [-0.4, -0.2) is 55.5 Å². The summed E-state index contributed by atoms with van der Waals surface area (Å²) in [5.41, 5.74) is 1.77. The highest BCUT2D eigenvalue weighted by Gasteiger charge is 2.28. The minimum Gasteiger partial charge on any atom is -0.363 e. The molecule has 0 spiro atoms. The van der Waals surface area contributed by atoms with Crippen LogP contribution in [0.5, 0.6) is 0 Å². The lowest BCUT2D eigenvalue weighted by Crippen LogP contribution is -2.40. The van der Waals surface area contributed by atoms with E-state index in [0.29, 0.717) is 5.95 Å². The first-order valence-electron chi connectivity index (χ1n) is 12.0. The van der Waals surface area contributed by atoms with E-state index in [0.717, 1.165) is 42.8 Å². The molecule has 1 aliphatic rings. The third-order valence-corrected chi connectivity index (χ3v) is 7.97. The van der Waals surface area contributed by atoms with Gasteiger partial charge in [-0.2, -0.15) is 4.98 Å². The fourth-order valence-corrected chi connectivity index (χ4v) is 5.82. The molecule has 2 N–H and O–H groups in total. The topological polar surface area (TPSA) is 117 Å². The fraction of sp³-hybridized carbons (Fsp3) is 0.385. The molecule has 10 heteroatoms. The van der Waals surface area contributed by atoms with Gasteiger partial charge in [-0.25, -0.2) is 18.4 Å². The van der Waals surface area contributed by atoms with Crippen LogP contribution in [-0.2, 0) is 9.84 Å². The lowest BCUT2D eigenvalue weighted by molar-refractivity contribution is 0.0922. The van der Waals surface area contributed by atoms with Crippen LogP contribution in [0.4, 0.5) is 11.8 Å². The van der Waals surface area contributed by atoms with Crippen molar-refractivity contribution in [2.45, 2.75) is 61.5 Å². The van der Waals surface area contributed by atoms with Gasteiger partial charge in [0.25, 0.3) is 5.91 Å². The molecule has 1 fully saturated rings. The largest absolute Gasteiger partial charge is 0.363 e. The summed E-state index contributed by atoms with van der Waals surface area (Å²) in [6, 6.07) is 11.8. The number of benzene rings is 1. The molecule has 190 valence electrons. The molecule has 2 heterocycles. The van der Waals surface area contributed by atoms with Gasteiger partial charge in [-0.3, -0.25) is 4.79 Å². The molecule has 3 aromatic rings. The lowest BCUT2D eigenvalue weighted by Gasteiger charge is -2.30. The zero-order valence-electron chi connectivity index (χ0n) is 21.0. The molecule has 4 rings (SSSR count). The third-order valence-electron chi connectivity index (χ3n) is 6.26. The monoisotopic (exact) mass is 508 g/mol. The van der Waals surface area contributed by atoms with E-state index in [1.165, 1.54) is 18.3 Å². The van der Waals surface area contributed by atoms with E-state index in [2.05, 4.69) is 25.6 Å². The van der Waals surface area contributed by atoms with Crippen molar-refractivity contribution in [3.8, 4) is 0 Å². The summed E-state index contributed by atoms with van der Waals surface area (Å²) in [5.74, 6) is 1.02. The molecule has 0 atom stereocenters. The molecule has 0 saturated heterocycles. The number of anilines is 2. The van der Waals surface area contributed by atoms with Crippen molar-refractivity contribution in [1.82, 2.24) is 20.3 Å². The van der Waals surface area contributed by atoms with E-state index in [-0.39, 0.29) is 27.6 Å². The molecule has 1 amide bonds. The maximum absolute atomic E-state index is 13.2. The summed E-state index contributed by atoms with van der Waals surface area (Å²) in [5, 5.41) is 6.22. The van der Waals surface area contributed by atoms with E-state index in [1.807, 2.05) is 45.0 Å². The van der Waals surface area contributed by atoms with E-state index < -0.39 is 15.7 Å². The van der Waals surface area contributed by atoms with Gasteiger partial charge in [-0.05, 0) is 69.4 Å². The Bertz CT molecular complexity index is 1350. The van der Waals surface area contributed by atoms with Gasteiger partial charge in [0.2, 0.25) is 15.8 Å². The molecule has 2 aromatic heterocycles. The van der Waals surface area contributed by atoms with Crippen molar-refractivity contribution in [2.24, 2.45) is 0 Å². The highest BCUT2D eigenvalue weighted by atomic mass is 32.2. The molecule has 1 aliphatic carbocycles. The fourth-order valence-electron chi connectivity index (χ4n) is 4.35. The summed E-state index contributed by atoms with van der Waals surface area (Å²) in [7, 11) is -0.0465. The first-order valence-corrected chi connectivity index (χ1v) is 13.5. The number of hydrogen-bond acceptors (Lipinski definition) is 8. The molecule has 36 heavy (non-hydrogen) atoms. The second kappa shape index (κ2) is 10.6. The van der Waals surface area contributed by atoms with Gasteiger partial charge in [0.05, 0.1) is 10.5 Å². The van der Waals surface area contributed by atoms with Crippen LogP contribution in [0, 0.1) is 13.8 Å². The maximum atomic E-state index is 13.2. The van der Waals surface area contributed by atoms with Crippen LogP contribution in [0.3, 0.4) is 0 Å². The Morgan fingerprint density at radius 3 is 2.39 bits per heavy atom. The molecule has 0 aliphatic heterocycles. The van der Waals surface area contributed by atoms with Gasteiger partial charge in [0, 0.05) is 44.1 Å². The van der Waals surface area contributed by atoms with Gasteiger partial charge < -0.3 is 15.5 Å². The molecular weight excluding hydrogens is 476 g/mol. The minimum absolute atomic E-state index is 0.0546. The summed E-state index contributed by atoms with van der Waals surface area (Å²) >= 11 is 0. The average Bonchev–Trinajstić information content (AvgIpc) is 2.85. The van der Waals surface area contributed by atoms with Crippen LogP contribution in [0.15, 0.2) is 58.6 Å². The van der Waals surface area contributed by atoms with E-state index >= 15 is 0 Å². The van der Waals surface area contributed by atoms with Crippen molar-refractivity contribution in [1.29, 1.82) is 0 Å². The van der Waals surface area contributed by atoms with E-state index in [4.69, 9.17) is 0 Å². The Morgan fingerprint density at radius 2 is 1.69 bits per heavy atom. The van der Waals surface area contributed by atoms with E-state index in [1.54, 1.807) is 18.2 Å². The summed E-state index contributed by atoms with van der Waals surface area (Å²) in [4.78, 5) is 28.3. The molecule has 0 bridgehead atoms. The lowest BCUT2D eigenvalue weighted by atomic mass is 9.91. The zero-order valence-corrected chi connectivity index (χ0v) is 21.8. The van der Waals surface area contributed by atoms with Gasteiger partial charge in [-0.15, -0.1) is 0 Å². The molecule has 1 saturated carbocycles. The maximum Gasteiger partial charge on any atom is 0.254 e. The van der Waals surface area contributed by atoms with Gasteiger partial charge >= 0.3 is 0 Å². The molecular formula is C26H32N6O3S. The first-order chi connectivity index (χ1) is 17.1. The molecule has 1 aromatic carbocycles. The Morgan fingerprint density at radius 1 is 0.972 bits per heavy atom. The van der Waals surface area contributed by atoms with Gasteiger partial charge in [-0.1, -0.05) is 12.1 Å². The normalized spacial score (nSPS) is 17.9. The standard InChI is InChI=1S/C26H32N6O3S/c1-17-7-5-8-21(15-17)36(34,35)25-22(9-6-14-27-25)24(33)29-19-10-12-20(13-11-19)30-26-28-18(2)16-23(31-26)32(3)4/h5-9,14-16,19-20H,10-13H2,1-4H3,(H,29,33)(H,28,30,31)/t19-,20+. The summed E-state index contributed by atoms with van der Waals surface area (Å²) < 4.78 is 26.5. The van der Waals surface area contributed by atoms with Crippen molar-refractivity contribution >= 4 is 27.5 Å².